The molecule has 1 aromatic rings. The fourth-order valence-electron chi connectivity index (χ4n) is 1.54. The van der Waals surface area contributed by atoms with Crippen molar-refractivity contribution in [3.8, 4) is 0 Å². The lowest BCUT2D eigenvalue weighted by Gasteiger charge is -2.10. The molecule has 0 unspecified atom stereocenters. The number of anilines is 1. The zero-order valence-corrected chi connectivity index (χ0v) is 11.2. The minimum Gasteiger partial charge on any atom is -0.335 e. The van der Waals surface area contributed by atoms with Gasteiger partial charge in [0.1, 0.15) is 0 Å². The lowest BCUT2D eigenvalue weighted by atomic mass is 10.2. The summed E-state index contributed by atoms with van der Waals surface area (Å²) in [7, 11) is -3.26. The van der Waals surface area contributed by atoms with Crippen molar-refractivity contribution < 1.29 is 13.2 Å². The van der Waals surface area contributed by atoms with E-state index in [-0.39, 0.29) is 17.0 Å². The molecule has 0 spiro atoms. The van der Waals surface area contributed by atoms with Crippen molar-refractivity contribution in [2.75, 3.05) is 11.6 Å². The van der Waals surface area contributed by atoms with Gasteiger partial charge in [-0.2, -0.15) is 0 Å². The summed E-state index contributed by atoms with van der Waals surface area (Å²) in [6.45, 7) is 1.82. The molecule has 98 valence electrons. The van der Waals surface area contributed by atoms with E-state index in [2.05, 4.69) is 10.6 Å². The number of rotatable bonds is 3. The first kappa shape index (κ1) is 12.9. The summed E-state index contributed by atoms with van der Waals surface area (Å²) in [5.74, 6) is 0. The highest BCUT2D eigenvalue weighted by molar-refractivity contribution is 7.90. The molecule has 1 aliphatic carbocycles. The molecule has 1 saturated carbocycles. The molecule has 1 fully saturated rings. The molecule has 5 nitrogen and oxygen atoms in total. The molecule has 18 heavy (non-hydrogen) atoms. The second kappa shape index (κ2) is 4.61. The van der Waals surface area contributed by atoms with E-state index in [1.807, 2.05) is 6.92 Å². The van der Waals surface area contributed by atoms with Crippen molar-refractivity contribution in [2.24, 2.45) is 0 Å². The minimum absolute atomic E-state index is 0.204. The van der Waals surface area contributed by atoms with Crippen LogP contribution in [0.1, 0.15) is 18.4 Å². The van der Waals surface area contributed by atoms with Gasteiger partial charge in [-0.05, 0) is 37.5 Å². The number of sulfone groups is 1. The van der Waals surface area contributed by atoms with Crippen molar-refractivity contribution in [1.29, 1.82) is 0 Å². The SMILES string of the molecule is Cc1ccc(S(C)(=O)=O)cc1NC(=O)NC1CC1. The Balaban J connectivity index is 2.17. The zero-order chi connectivity index (χ0) is 13.3. The van der Waals surface area contributed by atoms with Crippen LogP contribution in [-0.2, 0) is 9.84 Å². The fraction of sp³-hybridized carbons (Fsp3) is 0.417. The van der Waals surface area contributed by atoms with Crippen LogP contribution in [-0.4, -0.2) is 26.7 Å². The maximum absolute atomic E-state index is 11.6. The van der Waals surface area contributed by atoms with Crippen LogP contribution in [0.3, 0.4) is 0 Å². The second-order valence-corrected chi connectivity index (χ2v) is 6.64. The molecule has 0 bridgehead atoms. The van der Waals surface area contributed by atoms with Crippen LogP contribution in [0.2, 0.25) is 0 Å². The third-order valence-corrected chi connectivity index (χ3v) is 3.91. The predicted octanol–water partition coefficient (Wildman–Crippen LogP) is 1.68. The summed E-state index contributed by atoms with van der Waals surface area (Å²) in [4.78, 5) is 11.8. The van der Waals surface area contributed by atoms with E-state index in [4.69, 9.17) is 0 Å². The van der Waals surface area contributed by atoms with Crippen LogP contribution >= 0.6 is 0 Å². The molecule has 2 N–H and O–H groups in total. The van der Waals surface area contributed by atoms with Gasteiger partial charge in [0, 0.05) is 18.0 Å². The van der Waals surface area contributed by atoms with Crippen LogP contribution < -0.4 is 10.6 Å². The van der Waals surface area contributed by atoms with E-state index in [9.17, 15) is 13.2 Å². The third-order valence-electron chi connectivity index (χ3n) is 2.80. The lowest BCUT2D eigenvalue weighted by molar-refractivity contribution is 0.251. The van der Waals surface area contributed by atoms with Crippen LogP contribution in [0.25, 0.3) is 0 Å². The monoisotopic (exact) mass is 268 g/mol. The van der Waals surface area contributed by atoms with Crippen LogP contribution in [0.4, 0.5) is 10.5 Å². The molecule has 0 heterocycles. The van der Waals surface area contributed by atoms with Crippen LogP contribution in [0.5, 0.6) is 0 Å². The van der Waals surface area contributed by atoms with Crippen LogP contribution in [0.15, 0.2) is 23.1 Å². The first-order valence-corrected chi connectivity index (χ1v) is 7.63. The molecule has 0 saturated heterocycles. The molecule has 1 aromatic carbocycles. The molecule has 2 amide bonds. The Labute approximate surface area is 107 Å². The number of benzene rings is 1. The highest BCUT2D eigenvalue weighted by atomic mass is 32.2. The Kier molecular flexibility index (Phi) is 3.30. The lowest BCUT2D eigenvalue weighted by Crippen LogP contribution is -2.30. The summed E-state index contributed by atoms with van der Waals surface area (Å²) in [5, 5.41) is 5.47. The van der Waals surface area contributed by atoms with E-state index in [0.29, 0.717) is 5.69 Å². The molecule has 0 aliphatic heterocycles. The van der Waals surface area contributed by atoms with Gasteiger partial charge < -0.3 is 10.6 Å². The number of amides is 2. The molecule has 1 aliphatic rings. The van der Waals surface area contributed by atoms with Crippen molar-refractivity contribution >= 4 is 21.6 Å². The Morgan fingerprint density at radius 3 is 2.56 bits per heavy atom. The average Bonchev–Trinajstić information content (AvgIpc) is 3.03. The molecule has 0 atom stereocenters. The van der Waals surface area contributed by atoms with Gasteiger partial charge in [-0.3, -0.25) is 0 Å². The highest BCUT2D eigenvalue weighted by Gasteiger charge is 2.23. The van der Waals surface area contributed by atoms with Crippen molar-refractivity contribution in [3.63, 3.8) is 0 Å². The topological polar surface area (TPSA) is 75.3 Å². The van der Waals surface area contributed by atoms with Gasteiger partial charge in [0.15, 0.2) is 9.84 Å². The van der Waals surface area contributed by atoms with Crippen molar-refractivity contribution in [1.82, 2.24) is 5.32 Å². The third kappa shape index (κ3) is 3.22. The molecule has 0 radical (unpaired) electrons. The summed E-state index contributed by atoms with van der Waals surface area (Å²) >= 11 is 0. The largest absolute Gasteiger partial charge is 0.335 e. The fourth-order valence-corrected chi connectivity index (χ4v) is 2.19. The van der Waals surface area contributed by atoms with E-state index in [1.54, 1.807) is 6.07 Å². The Morgan fingerprint density at radius 2 is 2.00 bits per heavy atom. The standard InChI is InChI=1S/C12H16N2O3S/c1-8-3-6-10(18(2,16)17)7-11(8)14-12(15)13-9-4-5-9/h3,6-7,9H,4-5H2,1-2H3,(H2,13,14,15). The zero-order valence-electron chi connectivity index (χ0n) is 10.4. The molecule has 2 rings (SSSR count). The van der Waals surface area contributed by atoms with Gasteiger partial charge in [-0.15, -0.1) is 0 Å². The van der Waals surface area contributed by atoms with Crippen molar-refractivity contribution in [2.45, 2.75) is 30.7 Å². The quantitative estimate of drug-likeness (QED) is 0.875. The minimum atomic E-state index is -3.26. The highest BCUT2D eigenvalue weighted by Crippen LogP contribution is 2.21. The molecular formula is C12H16N2O3S. The first-order chi connectivity index (χ1) is 8.36. The first-order valence-electron chi connectivity index (χ1n) is 5.74. The number of nitrogens with one attached hydrogen (secondary N) is 2. The number of carbonyl (C=O) groups excluding carboxylic acids is 1. The number of hydrogen-bond donors (Lipinski definition) is 2. The summed E-state index contributed by atoms with van der Waals surface area (Å²) in [5.41, 5.74) is 1.35. The van der Waals surface area contributed by atoms with Gasteiger partial charge in [0.2, 0.25) is 0 Å². The van der Waals surface area contributed by atoms with Gasteiger partial charge in [0.25, 0.3) is 0 Å². The molecular weight excluding hydrogens is 252 g/mol. The van der Waals surface area contributed by atoms with Crippen molar-refractivity contribution in [3.05, 3.63) is 23.8 Å². The molecule has 6 heteroatoms. The predicted molar refractivity (Wildman–Crippen MR) is 69.5 cm³/mol. The summed E-state index contributed by atoms with van der Waals surface area (Å²) in [6.07, 6.45) is 3.16. The van der Waals surface area contributed by atoms with Gasteiger partial charge in [0.05, 0.1) is 4.90 Å². The average molecular weight is 268 g/mol. The van der Waals surface area contributed by atoms with E-state index < -0.39 is 9.84 Å². The normalized spacial score (nSPS) is 15.2. The Morgan fingerprint density at radius 1 is 1.33 bits per heavy atom. The Hall–Kier alpha value is -1.56. The van der Waals surface area contributed by atoms with Gasteiger partial charge in [-0.1, -0.05) is 6.07 Å². The van der Waals surface area contributed by atoms with Crippen LogP contribution in [0, 0.1) is 6.92 Å². The summed E-state index contributed by atoms with van der Waals surface area (Å²) < 4.78 is 22.9. The summed E-state index contributed by atoms with van der Waals surface area (Å²) in [6, 6.07) is 4.68. The van der Waals surface area contributed by atoms with E-state index in [1.165, 1.54) is 12.1 Å². The maximum Gasteiger partial charge on any atom is 0.319 e. The van der Waals surface area contributed by atoms with Gasteiger partial charge in [-0.25, -0.2) is 13.2 Å². The number of carbonyl (C=O) groups is 1. The second-order valence-electron chi connectivity index (χ2n) is 4.62. The van der Waals surface area contributed by atoms with Gasteiger partial charge >= 0.3 is 6.03 Å². The maximum atomic E-state index is 11.6. The Bertz CT molecular complexity index is 577. The van der Waals surface area contributed by atoms with E-state index >= 15 is 0 Å². The number of urea groups is 1. The number of hydrogen-bond acceptors (Lipinski definition) is 3. The number of aryl methyl sites for hydroxylation is 1. The van der Waals surface area contributed by atoms with E-state index in [0.717, 1.165) is 24.7 Å². The molecule has 0 aromatic heterocycles. The smallest absolute Gasteiger partial charge is 0.319 e.